The highest BCUT2D eigenvalue weighted by Gasteiger charge is 2.21. The molecule has 10 heteroatoms. The third-order valence-electron chi connectivity index (χ3n) is 4.24. The molecule has 3 aromatic rings. The molecule has 0 bridgehead atoms. The number of carbonyl (C=O) groups is 2. The number of rotatable bonds is 7. The molecule has 0 aliphatic rings. The second kappa shape index (κ2) is 8.54. The van der Waals surface area contributed by atoms with Crippen LogP contribution in [0.3, 0.4) is 0 Å². The predicted molar refractivity (Wildman–Crippen MR) is 111 cm³/mol. The lowest BCUT2D eigenvalue weighted by molar-refractivity contribution is -0.117. The maximum Gasteiger partial charge on any atom is 0.274 e. The number of carbonyl (C=O) groups excluding carboxylic acids is 2. The van der Waals surface area contributed by atoms with E-state index in [9.17, 15) is 18.0 Å². The topological polar surface area (TPSA) is 119 Å². The van der Waals surface area contributed by atoms with Crippen molar-refractivity contribution in [2.45, 2.75) is 32.1 Å². The van der Waals surface area contributed by atoms with Gasteiger partial charge in [-0.3, -0.25) is 14.0 Å². The van der Waals surface area contributed by atoms with Crippen LogP contribution in [0.25, 0.3) is 5.65 Å². The highest BCUT2D eigenvalue weighted by Crippen LogP contribution is 2.24. The fourth-order valence-corrected chi connectivity index (χ4v) is 3.99. The summed E-state index contributed by atoms with van der Waals surface area (Å²) in [5.41, 5.74) is 1.95. The third kappa shape index (κ3) is 4.28. The number of aryl methyl sites for hydroxylation is 1. The molecule has 9 nitrogen and oxygen atoms in total. The average Bonchev–Trinajstić information content (AvgIpc) is 3.07. The maximum atomic E-state index is 13.0. The largest absolute Gasteiger partial charge is 0.490 e. The zero-order valence-corrected chi connectivity index (χ0v) is 17.6. The van der Waals surface area contributed by atoms with Gasteiger partial charge in [0.05, 0.1) is 17.2 Å². The number of hydrogen-bond acceptors (Lipinski definition) is 6. The van der Waals surface area contributed by atoms with Gasteiger partial charge in [0, 0.05) is 18.8 Å². The minimum absolute atomic E-state index is 0.0823. The van der Waals surface area contributed by atoms with Crippen LogP contribution in [0.1, 0.15) is 37.0 Å². The first-order valence-electron chi connectivity index (χ1n) is 9.34. The summed E-state index contributed by atoms with van der Waals surface area (Å²) in [7, 11) is -3.94. The smallest absolute Gasteiger partial charge is 0.274 e. The Morgan fingerprint density at radius 2 is 1.83 bits per heavy atom. The van der Waals surface area contributed by atoms with Crippen LogP contribution in [0.5, 0.6) is 5.75 Å². The van der Waals surface area contributed by atoms with Crippen molar-refractivity contribution >= 4 is 33.2 Å². The van der Waals surface area contributed by atoms with Crippen LogP contribution in [-0.2, 0) is 21.2 Å². The summed E-state index contributed by atoms with van der Waals surface area (Å²) in [5.74, 6) is -0.481. The number of nitrogens with zero attached hydrogens (tertiary/aromatic N) is 2. The van der Waals surface area contributed by atoms with Crippen molar-refractivity contribution in [2.75, 3.05) is 11.9 Å². The van der Waals surface area contributed by atoms with E-state index in [0.717, 1.165) is 6.92 Å². The molecule has 0 fully saturated rings. The SMILES string of the molecule is CCOc1cccn2c(C(=O)Nc3ccc(S(=O)(=O)NC(C)=O)cc3)c(CC)nc12. The fourth-order valence-electron chi connectivity index (χ4n) is 3.00. The minimum Gasteiger partial charge on any atom is -0.490 e. The van der Waals surface area contributed by atoms with E-state index in [1.165, 1.54) is 24.3 Å². The summed E-state index contributed by atoms with van der Waals surface area (Å²) >= 11 is 0. The van der Waals surface area contributed by atoms with Gasteiger partial charge in [0.2, 0.25) is 5.91 Å². The molecule has 0 radical (unpaired) electrons. The number of aromatic nitrogens is 2. The van der Waals surface area contributed by atoms with E-state index >= 15 is 0 Å². The van der Waals surface area contributed by atoms with E-state index in [0.29, 0.717) is 41.5 Å². The first kappa shape index (κ1) is 21.3. The lowest BCUT2D eigenvalue weighted by Crippen LogP contribution is -2.28. The molecule has 2 amide bonds. The number of anilines is 1. The normalized spacial score (nSPS) is 11.3. The third-order valence-corrected chi connectivity index (χ3v) is 5.69. The molecule has 158 valence electrons. The lowest BCUT2D eigenvalue weighted by atomic mass is 10.2. The summed E-state index contributed by atoms with van der Waals surface area (Å²) in [4.78, 5) is 28.5. The quantitative estimate of drug-likeness (QED) is 0.594. The number of imidazole rings is 1. The molecule has 0 saturated carbocycles. The minimum atomic E-state index is -3.94. The summed E-state index contributed by atoms with van der Waals surface area (Å²) in [5, 5.41) is 2.76. The van der Waals surface area contributed by atoms with Gasteiger partial charge < -0.3 is 10.1 Å². The number of benzene rings is 1. The van der Waals surface area contributed by atoms with Crippen molar-refractivity contribution in [1.82, 2.24) is 14.1 Å². The predicted octanol–water partition coefficient (Wildman–Crippen LogP) is 2.37. The summed E-state index contributed by atoms with van der Waals surface area (Å²) in [6, 6.07) is 9.09. The molecular formula is C20H22N4O5S. The summed E-state index contributed by atoms with van der Waals surface area (Å²) in [6.45, 7) is 5.37. The van der Waals surface area contributed by atoms with Gasteiger partial charge in [-0.1, -0.05) is 6.92 Å². The number of fused-ring (bicyclic) bond motifs is 1. The Labute approximate surface area is 174 Å². The van der Waals surface area contributed by atoms with Crippen LogP contribution in [0.4, 0.5) is 5.69 Å². The van der Waals surface area contributed by atoms with Crippen molar-refractivity contribution < 1.29 is 22.7 Å². The van der Waals surface area contributed by atoms with Crippen molar-refractivity contribution in [3.63, 3.8) is 0 Å². The Hall–Kier alpha value is -3.40. The molecule has 2 aromatic heterocycles. The average molecular weight is 430 g/mol. The number of amides is 2. The number of nitrogens with one attached hydrogen (secondary N) is 2. The second-order valence-corrected chi connectivity index (χ2v) is 8.08. The first-order valence-corrected chi connectivity index (χ1v) is 10.8. The van der Waals surface area contributed by atoms with Crippen molar-refractivity contribution in [3.8, 4) is 5.75 Å². The molecular weight excluding hydrogens is 408 g/mol. The van der Waals surface area contributed by atoms with E-state index in [4.69, 9.17) is 4.74 Å². The Balaban J connectivity index is 1.90. The molecule has 0 atom stereocenters. The van der Waals surface area contributed by atoms with Gasteiger partial charge in [0.25, 0.3) is 15.9 Å². The van der Waals surface area contributed by atoms with Gasteiger partial charge in [-0.2, -0.15) is 0 Å². The zero-order valence-electron chi connectivity index (χ0n) is 16.8. The molecule has 0 saturated heterocycles. The van der Waals surface area contributed by atoms with Crippen LogP contribution in [0.15, 0.2) is 47.5 Å². The monoisotopic (exact) mass is 430 g/mol. The van der Waals surface area contributed by atoms with Crippen molar-refractivity contribution in [3.05, 3.63) is 54.0 Å². The van der Waals surface area contributed by atoms with E-state index in [-0.39, 0.29) is 10.8 Å². The Morgan fingerprint density at radius 1 is 1.13 bits per heavy atom. The zero-order chi connectivity index (χ0) is 21.9. The number of hydrogen-bond donors (Lipinski definition) is 2. The van der Waals surface area contributed by atoms with Gasteiger partial charge in [-0.15, -0.1) is 0 Å². The van der Waals surface area contributed by atoms with Crippen LogP contribution in [0, 0.1) is 0 Å². The lowest BCUT2D eigenvalue weighted by Gasteiger charge is -2.09. The van der Waals surface area contributed by atoms with Crippen LogP contribution < -0.4 is 14.8 Å². The molecule has 0 spiro atoms. The number of ether oxygens (including phenoxy) is 1. The summed E-state index contributed by atoms with van der Waals surface area (Å²) < 4.78 is 33.2. The van der Waals surface area contributed by atoms with Crippen molar-refractivity contribution in [2.24, 2.45) is 0 Å². The van der Waals surface area contributed by atoms with Crippen LogP contribution in [0.2, 0.25) is 0 Å². The number of sulfonamides is 1. The molecule has 0 aliphatic heterocycles. The second-order valence-electron chi connectivity index (χ2n) is 6.40. The van der Waals surface area contributed by atoms with Crippen molar-refractivity contribution in [1.29, 1.82) is 0 Å². The van der Waals surface area contributed by atoms with E-state index in [1.54, 1.807) is 22.7 Å². The van der Waals surface area contributed by atoms with Gasteiger partial charge >= 0.3 is 0 Å². The van der Waals surface area contributed by atoms with Crippen LogP contribution >= 0.6 is 0 Å². The highest BCUT2D eigenvalue weighted by atomic mass is 32.2. The molecule has 0 unspecified atom stereocenters. The Morgan fingerprint density at radius 3 is 2.43 bits per heavy atom. The fraction of sp³-hybridized carbons (Fsp3) is 0.250. The Bertz CT molecular complexity index is 1200. The van der Waals surface area contributed by atoms with E-state index in [2.05, 4.69) is 10.3 Å². The molecule has 30 heavy (non-hydrogen) atoms. The number of pyridine rings is 1. The summed E-state index contributed by atoms with van der Waals surface area (Å²) in [6.07, 6.45) is 2.28. The van der Waals surface area contributed by atoms with E-state index < -0.39 is 15.9 Å². The van der Waals surface area contributed by atoms with Gasteiger partial charge in [-0.05, 0) is 49.7 Å². The molecule has 0 aliphatic carbocycles. The van der Waals surface area contributed by atoms with Crippen LogP contribution in [-0.4, -0.2) is 36.2 Å². The van der Waals surface area contributed by atoms with Gasteiger partial charge in [0.1, 0.15) is 5.69 Å². The molecule has 1 aromatic carbocycles. The van der Waals surface area contributed by atoms with E-state index in [1.807, 2.05) is 18.6 Å². The highest BCUT2D eigenvalue weighted by molar-refractivity contribution is 7.90. The maximum absolute atomic E-state index is 13.0. The Kier molecular flexibility index (Phi) is 6.06. The molecule has 2 heterocycles. The first-order chi connectivity index (χ1) is 14.3. The van der Waals surface area contributed by atoms with Gasteiger partial charge in [0.15, 0.2) is 11.4 Å². The molecule has 3 rings (SSSR count). The van der Waals surface area contributed by atoms with Gasteiger partial charge in [-0.25, -0.2) is 18.1 Å². The standard InChI is InChI=1S/C20H22N4O5S/c1-4-16-18(24-12-6-7-17(29-5-2)19(24)22-16)20(26)21-14-8-10-15(11-9-14)30(27,28)23-13(3)25/h6-12H,4-5H2,1-3H3,(H,21,26)(H,23,25). The molecule has 2 N–H and O–H groups in total.